The number of fused-ring (bicyclic) bond motifs is 1. The number of benzene rings is 3. The number of amides is 2. The molecule has 7 heteroatoms. The van der Waals surface area contributed by atoms with Gasteiger partial charge in [0.1, 0.15) is 12.2 Å². The van der Waals surface area contributed by atoms with Crippen LogP contribution in [0.2, 0.25) is 5.02 Å². The van der Waals surface area contributed by atoms with Gasteiger partial charge in [-0.2, -0.15) is 0 Å². The Hall–Kier alpha value is -3.19. The largest absolute Gasteiger partial charge is 0.627 e. The molecule has 0 aliphatic carbocycles. The minimum absolute atomic E-state index is 0.0265. The Labute approximate surface area is 223 Å². The van der Waals surface area contributed by atoms with Crippen molar-refractivity contribution in [3.8, 4) is 0 Å². The summed E-state index contributed by atoms with van der Waals surface area (Å²) in [5, 5.41) is 18.1. The predicted octanol–water partition coefficient (Wildman–Crippen LogP) is 5.13. The summed E-state index contributed by atoms with van der Waals surface area (Å²) in [6.07, 6.45) is 1.62. The zero-order valence-corrected chi connectivity index (χ0v) is 21.8. The van der Waals surface area contributed by atoms with Gasteiger partial charge in [0.05, 0.1) is 0 Å². The first-order valence-electron chi connectivity index (χ1n) is 12.9. The number of hydroxylamine groups is 2. The van der Waals surface area contributed by atoms with E-state index in [1.165, 1.54) is 0 Å². The Kier molecular flexibility index (Phi) is 7.33. The zero-order valence-electron chi connectivity index (χ0n) is 21.0. The number of rotatable bonds is 6. The third-order valence-electron chi connectivity index (χ3n) is 7.66. The Morgan fingerprint density at radius 1 is 1.00 bits per heavy atom. The van der Waals surface area contributed by atoms with Gasteiger partial charge in [0.15, 0.2) is 6.04 Å². The van der Waals surface area contributed by atoms with Gasteiger partial charge in [-0.1, -0.05) is 71.8 Å². The molecular formula is C30H32ClN3O3. The van der Waals surface area contributed by atoms with Crippen molar-refractivity contribution < 1.29 is 9.59 Å². The highest BCUT2D eigenvalue weighted by atomic mass is 35.5. The predicted molar refractivity (Wildman–Crippen MR) is 147 cm³/mol. The molecule has 1 fully saturated rings. The Bertz CT molecular complexity index is 1290. The highest BCUT2D eigenvalue weighted by Gasteiger charge is 2.47. The van der Waals surface area contributed by atoms with Crippen molar-refractivity contribution >= 4 is 29.1 Å². The van der Waals surface area contributed by atoms with E-state index in [0.717, 1.165) is 22.3 Å². The number of carbonyl (C=O) groups excluding carboxylic acids is 2. The molecule has 2 heterocycles. The maximum Gasteiger partial charge on any atom is 0.282 e. The van der Waals surface area contributed by atoms with Crippen LogP contribution in [0.5, 0.6) is 0 Å². The van der Waals surface area contributed by atoms with Crippen LogP contribution in [0.4, 0.5) is 5.69 Å². The van der Waals surface area contributed by atoms with E-state index in [1.54, 1.807) is 17.0 Å². The molecule has 0 spiro atoms. The molecule has 6 nitrogen and oxygen atoms in total. The number of halogens is 1. The Balaban J connectivity index is 1.24. The van der Waals surface area contributed by atoms with Crippen molar-refractivity contribution in [2.45, 2.75) is 45.3 Å². The normalized spacial score (nSPS) is 21.5. The van der Waals surface area contributed by atoms with Gasteiger partial charge in [-0.15, -0.1) is 0 Å². The fourth-order valence-corrected chi connectivity index (χ4v) is 5.75. The van der Waals surface area contributed by atoms with Crippen LogP contribution in [0, 0.1) is 18.0 Å². The molecule has 2 unspecified atom stereocenters. The average Bonchev–Trinajstić information content (AvgIpc) is 3.20. The molecule has 0 radical (unpaired) electrons. The quantitative estimate of drug-likeness (QED) is 0.364. The van der Waals surface area contributed by atoms with Crippen molar-refractivity contribution in [2.75, 3.05) is 13.1 Å². The van der Waals surface area contributed by atoms with Gasteiger partial charge < -0.3 is 20.1 Å². The minimum Gasteiger partial charge on any atom is -0.627 e. The number of piperidine rings is 1. The number of nitrogens with zero attached hydrogens (tertiary/aromatic N) is 2. The fraction of sp³-hybridized carbons (Fsp3) is 0.333. The van der Waals surface area contributed by atoms with Crippen molar-refractivity contribution in [1.82, 2.24) is 14.9 Å². The first-order valence-corrected chi connectivity index (χ1v) is 13.2. The van der Waals surface area contributed by atoms with E-state index in [2.05, 4.69) is 11.4 Å². The molecule has 5 rings (SSSR count). The number of hydrogen-bond donors (Lipinski definition) is 1. The van der Waals surface area contributed by atoms with Gasteiger partial charge in [0, 0.05) is 48.1 Å². The molecule has 1 saturated heterocycles. The van der Waals surface area contributed by atoms with Crippen molar-refractivity contribution in [3.63, 3.8) is 0 Å². The summed E-state index contributed by atoms with van der Waals surface area (Å²) < 4.78 is -0.701. The fourth-order valence-electron chi connectivity index (χ4n) is 5.63. The highest BCUT2D eigenvalue weighted by molar-refractivity contribution is 6.30. The minimum atomic E-state index is -0.736. The van der Waals surface area contributed by atoms with Crippen LogP contribution in [0.3, 0.4) is 0 Å². The monoisotopic (exact) mass is 517 g/mol. The van der Waals surface area contributed by atoms with Crippen molar-refractivity contribution in [1.29, 1.82) is 0 Å². The van der Waals surface area contributed by atoms with E-state index in [1.807, 2.05) is 61.5 Å². The topological polar surface area (TPSA) is 72.5 Å². The summed E-state index contributed by atoms with van der Waals surface area (Å²) >= 11 is 6.04. The van der Waals surface area contributed by atoms with E-state index in [9.17, 15) is 14.8 Å². The maximum absolute atomic E-state index is 14.4. The van der Waals surface area contributed by atoms with Gasteiger partial charge in [-0.25, -0.2) is 0 Å². The van der Waals surface area contributed by atoms with Crippen molar-refractivity contribution in [2.24, 2.45) is 5.92 Å². The lowest BCUT2D eigenvalue weighted by atomic mass is 9.95. The van der Waals surface area contributed by atoms with E-state index < -0.39 is 10.7 Å². The Morgan fingerprint density at radius 3 is 2.46 bits per heavy atom. The lowest BCUT2D eigenvalue weighted by Gasteiger charge is -2.45. The molecule has 2 aliphatic rings. The summed E-state index contributed by atoms with van der Waals surface area (Å²) in [6, 6.07) is 22.2. The second kappa shape index (κ2) is 10.7. The second-order valence-corrected chi connectivity index (χ2v) is 10.7. The third-order valence-corrected chi connectivity index (χ3v) is 7.91. The molecule has 2 atom stereocenters. The van der Waals surface area contributed by atoms with Crippen LogP contribution in [0.15, 0.2) is 72.8 Å². The van der Waals surface area contributed by atoms with E-state index in [4.69, 9.17) is 11.6 Å². The number of para-hydroxylation sites is 1. The number of likely N-dealkylation sites (tertiary alicyclic amines) is 1. The molecule has 3 aromatic carbocycles. The van der Waals surface area contributed by atoms with Crippen molar-refractivity contribution in [3.05, 3.63) is 105 Å². The SMILES string of the molecule is Cc1cccc(CNC(=O)C2CCN(C(=O)C3Cc4ccccc4[N+]3([O-])Cc3ccc(Cl)cc3)CC2)c1. The van der Waals surface area contributed by atoms with Gasteiger partial charge in [0.2, 0.25) is 5.91 Å². The van der Waals surface area contributed by atoms with E-state index in [-0.39, 0.29) is 24.3 Å². The summed E-state index contributed by atoms with van der Waals surface area (Å²) in [6.45, 7) is 3.67. The summed E-state index contributed by atoms with van der Waals surface area (Å²) in [5.74, 6) is -0.229. The van der Waals surface area contributed by atoms with Gasteiger partial charge in [0.25, 0.3) is 5.91 Å². The highest BCUT2D eigenvalue weighted by Crippen LogP contribution is 2.41. The molecule has 0 saturated carbocycles. The molecule has 2 aliphatic heterocycles. The summed E-state index contributed by atoms with van der Waals surface area (Å²) in [7, 11) is 0. The second-order valence-electron chi connectivity index (χ2n) is 10.2. The van der Waals surface area contributed by atoms with E-state index >= 15 is 0 Å². The molecule has 0 bridgehead atoms. The average molecular weight is 518 g/mol. The summed E-state index contributed by atoms with van der Waals surface area (Å²) in [4.78, 5) is 28.3. The van der Waals surface area contributed by atoms with Gasteiger partial charge >= 0.3 is 0 Å². The molecule has 3 aromatic rings. The number of aryl methyl sites for hydroxylation is 1. The molecule has 192 valence electrons. The van der Waals surface area contributed by atoms with Crippen LogP contribution < -0.4 is 9.96 Å². The molecule has 37 heavy (non-hydrogen) atoms. The third kappa shape index (κ3) is 5.42. The summed E-state index contributed by atoms with van der Waals surface area (Å²) in [5.41, 5.74) is 4.66. The number of nitrogens with one attached hydrogen (secondary N) is 1. The zero-order chi connectivity index (χ0) is 26.0. The molecule has 1 N–H and O–H groups in total. The number of quaternary nitrogens is 1. The first-order chi connectivity index (χ1) is 17.8. The number of carbonyl (C=O) groups is 2. The standard InChI is InChI=1S/C30H32ClN3O3/c1-21-5-4-6-23(17-21)19-32-29(35)24-13-15-33(16-14-24)30(36)28-18-25-7-2-3-8-27(25)34(28,37)20-22-9-11-26(31)12-10-22/h2-12,17,24,28H,13-16,18-20H2,1H3,(H,32,35). The molecule has 0 aromatic heterocycles. The Morgan fingerprint density at radius 2 is 1.73 bits per heavy atom. The van der Waals surface area contributed by atoms with Crippen LogP contribution in [0.1, 0.15) is 35.1 Å². The lowest BCUT2D eigenvalue weighted by molar-refractivity contribution is -0.139. The first kappa shape index (κ1) is 25.5. The number of hydrogen-bond acceptors (Lipinski definition) is 3. The molecular weight excluding hydrogens is 486 g/mol. The lowest BCUT2D eigenvalue weighted by Crippen LogP contribution is -2.58. The van der Waals surface area contributed by atoms with Crippen LogP contribution >= 0.6 is 11.6 Å². The van der Waals surface area contributed by atoms with Crippen LogP contribution in [-0.2, 0) is 29.1 Å². The van der Waals surface area contributed by atoms with Crippen LogP contribution in [0.25, 0.3) is 0 Å². The van der Waals surface area contributed by atoms with Crippen LogP contribution in [-0.4, -0.2) is 35.8 Å². The van der Waals surface area contributed by atoms with Gasteiger partial charge in [-0.05, 0) is 43.5 Å². The maximum atomic E-state index is 14.4. The smallest absolute Gasteiger partial charge is 0.282 e. The molecule has 2 amide bonds. The van der Waals surface area contributed by atoms with E-state index in [0.29, 0.717) is 49.6 Å². The van der Waals surface area contributed by atoms with Gasteiger partial charge in [-0.3, -0.25) is 9.59 Å².